The van der Waals surface area contributed by atoms with Crippen LogP contribution in [0.15, 0.2) is 59.4 Å². The molecule has 9 nitrogen and oxygen atoms in total. The van der Waals surface area contributed by atoms with E-state index in [1.807, 2.05) is 48.5 Å². The van der Waals surface area contributed by atoms with Crippen molar-refractivity contribution in [2.45, 2.75) is 39.5 Å². The number of tetrazole rings is 1. The Morgan fingerprint density at radius 1 is 0.947 bits per heavy atom. The first-order chi connectivity index (χ1) is 18.4. The number of halogens is 2. The van der Waals surface area contributed by atoms with Crippen molar-refractivity contribution >= 4 is 23.2 Å². The number of aromatic amines is 1. The zero-order valence-electron chi connectivity index (χ0n) is 20.8. The van der Waals surface area contributed by atoms with Gasteiger partial charge in [0.05, 0.1) is 5.69 Å². The van der Waals surface area contributed by atoms with Gasteiger partial charge in [0, 0.05) is 23.6 Å². The summed E-state index contributed by atoms with van der Waals surface area (Å²) < 4.78 is 1.37. The minimum absolute atomic E-state index is 0.106. The van der Waals surface area contributed by atoms with Crippen LogP contribution in [0.4, 0.5) is 0 Å². The van der Waals surface area contributed by atoms with E-state index < -0.39 is 0 Å². The van der Waals surface area contributed by atoms with E-state index in [2.05, 4.69) is 37.5 Å². The molecule has 0 aliphatic heterocycles. The standard InChI is InChI=1S/C27H24Cl2N8O/c1-3-4-9-22-21(26(38)37(16(2)30-22)27-31-23(28)15-24(29)32-27)14-17-10-12-18(13-11-17)19-7-5-6-8-20(19)25-33-35-36-34-25/h5-8,10-13,15H,3-4,9,14H2,1-2H3,(H,33,34,35,36). The van der Waals surface area contributed by atoms with Crippen molar-refractivity contribution in [2.75, 3.05) is 0 Å². The molecule has 0 amide bonds. The molecule has 192 valence electrons. The number of hydrogen-bond acceptors (Lipinski definition) is 7. The van der Waals surface area contributed by atoms with Gasteiger partial charge in [0.2, 0.25) is 5.95 Å². The highest BCUT2D eigenvalue weighted by Gasteiger charge is 2.19. The van der Waals surface area contributed by atoms with Crippen molar-refractivity contribution in [3.63, 3.8) is 0 Å². The number of rotatable bonds is 8. The summed E-state index contributed by atoms with van der Waals surface area (Å²) in [7, 11) is 0. The van der Waals surface area contributed by atoms with Crippen LogP contribution < -0.4 is 5.56 Å². The molecule has 0 atom stereocenters. The van der Waals surface area contributed by atoms with Crippen LogP contribution in [0.1, 0.15) is 42.4 Å². The highest BCUT2D eigenvalue weighted by Crippen LogP contribution is 2.30. The molecule has 5 rings (SSSR count). The molecular weight excluding hydrogens is 523 g/mol. The predicted molar refractivity (Wildman–Crippen MR) is 147 cm³/mol. The minimum Gasteiger partial charge on any atom is -0.268 e. The first kappa shape index (κ1) is 25.7. The lowest BCUT2D eigenvalue weighted by Crippen LogP contribution is -2.29. The first-order valence-electron chi connectivity index (χ1n) is 12.2. The van der Waals surface area contributed by atoms with Gasteiger partial charge in [0.1, 0.15) is 16.1 Å². The van der Waals surface area contributed by atoms with Crippen molar-refractivity contribution in [2.24, 2.45) is 0 Å². The zero-order valence-corrected chi connectivity index (χ0v) is 22.3. The summed E-state index contributed by atoms with van der Waals surface area (Å²) in [6.07, 6.45) is 3.03. The molecule has 1 N–H and O–H groups in total. The fourth-order valence-electron chi connectivity index (χ4n) is 4.38. The van der Waals surface area contributed by atoms with Gasteiger partial charge in [-0.25, -0.2) is 24.6 Å². The average Bonchev–Trinajstić information content (AvgIpc) is 3.44. The molecule has 3 aromatic heterocycles. The average molecular weight is 547 g/mol. The molecule has 38 heavy (non-hydrogen) atoms. The fraction of sp³-hybridized carbons (Fsp3) is 0.222. The summed E-state index contributed by atoms with van der Waals surface area (Å²) in [4.78, 5) is 27.0. The highest BCUT2D eigenvalue weighted by atomic mass is 35.5. The summed E-state index contributed by atoms with van der Waals surface area (Å²) in [5.74, 6) is 1.19. The summed E-state index contributed by atoms with van der Waals surface area (Å²) in [6, 6.07) is 17.4. The second-order valence-electron chi connectivity index (χ2n) is 8.81. The molecule has 0 unspecified atom stereocenters. The van der Waals surface area contributed by atoms with Crippen LogP contribution in [0.2, 0.25) is 10.3 Å². The van der Waals surface area contributed by atoms with Crippen LogP contribution in [0.25, 0.3) is 28.5 Å². The molecule has 11 heteroatoms. The van der Waals surface area contributed by atoms with E-state index in [1.165, 1.54) is 10.6 Å². The van der Waals surface area contributed by atoms with Gasteiger partial charge in [-0.15, -0.1) is 5.10 Å². The van der Waals surface area contributed by atoms with E-state index >= 15 is 0 Å². The van der Waals surface area contributed by atoms with Crippen molar-refractivity contribution in [3.8, 4) is 28.5 Å². The normalized spacial score (nSPS) is 11.2. The molecule has 0 aliphatic carbocycles. The van der Waals surface area contributed by atoms with Crippen LogP contribution >= 0.6 is 23.2 Å². The van der Waals surface area contributed by atoms with E-state index in [9.17, 15) is 4.79 Å². The molecule has 5 aromatic rings. The Labute approximate surface area is 228 Å². The predicted octanol–water partition coefficient (Wildman–Crippen LogP) is 5.42. The third kappa shape index (κ3) is 5.34. The van der Waals surface area contributed by atoms with Crippen LogP contribution in [-0.4, -0.2) is 40.1 Å². The van der Waals surface area contributed by atoms with Crippen LogP contribution in [-0.2, 0) is 12.8 Å². The maximum Gasteiger partial charge on any atom is 0.264 e. The minimum atomic E-state index is -0.228. The molecule has 3 heterocycles. The van der Waals surface area contributed by atoms with Gasteiger partial charge in [-0.3, -0.25) is 4.79 Å². The number of nitrogens with one attached hydrogen (secondary N) is 1. The smallest absolute Gasteiger partial charge is 0.264 e. The maximum absolute atomic E-state index is 13.8. The fourth-order valence-corrected chi connectivity index (χ4v) is 4.80. The highest BCUT2D eigenvalue weighted by molar-refractivity contribution is 6.33. The summed E-state index contributed by atoms with van der Waals surface area (Å²) in [5, 5.41) is 14.6. The van der Waals surface area contributed by atoms with Crippen LogP contribution in [0.5, 0.6) is 0 Å². The number of H-pyrrole nitrogens is 1. The Morgan fingerprint density at radius 2 is 1.66 bits per heavy atom. The molecule has 0 spiro atoms. The molecule has 0 saturated carbocycles. The molecule has 0 fully saturated rings. The Morgan fingerprint density at radius 3 is 2.32 bits per heavy atom. The Bertz CT molecular complexity index is 1610. The lowest BCUT2D eigenvalue weighted by atomic mass is 9.96. The summed E-state index contributed by atoms with van der Waals surface area (Å²) >= 11 is 12.2. The SMILES string of the molecule is CCCCc1nc(C)n(-c2nc(Cl)cc(Cl)n2)c(=O)c1Cc1ccc(-c2ccccc2-c2nnn[nH]2)cc1. The third-order valence-corrected chi connectivity index (χ3v) is 6.61. The van der Waals surface area contributed by atoms with E-state index in [1.54, 1.807) is 6.92 Å². The monoisotopic (exact) mass is 546 g/mol. The number of aryl methyl sites for hydroxylation is 2. The van der Waals surface area contributed by atoms with Gasteiger partial charge >= 0.3 is 0 Å². The van der Waals surface area contributed by atoms with Gasteiger partial charge in [0.25, 0.3) is 5.56 Å². The number of benzene rings is 2. The quantitative estimate of drug-likeness (QED) is 0.258. The number of hydrogen-bond donors (Lipinski definition) is 1. The molecule has 0 aliphatic rings. The molecule has 0 saturated heterocycles. The van der Waals surface area contributed by atoms with Crippen LogP contribution in [0.3, 0.4) is 0 Å². The van der Waals surface area contributed by atoms with E-state index in [0.717, 1.165) is 40.8 Å². The van der Waals surface area contributed by atoms with Gasteiger partial charge in [0.15, 0.2) is 5.82 Å². The van der Waals surface area contributed by atoms with E-state index in [-0.39, 0.29) is 21.8 Å². The third-order valence-electron chi connectivity index (χ3n) is 6.22. The first-order valence-corrected chi connectivity index (χ1v) is 12.9. The number of nitrogens with zero attached hydrogens (tertiary/aromatic N) is 7. The number of unbranched alkanes of at least 4 members (excludes halogenated alkanes) is 1. The molecule has 2 aromatic carbocycles. The number of aromatic nitrogens is 8. The van der Waals surface area contributed by atoms with E-state index in [0.29, 0.717) is 30.1 Å². The van der Waals surface area contributed by atoms with Gasteiger partial charge in [-0.05, 0) is 46.9 Å². The van der Waals surface area contributed by atoms with E-state index in [4.69, 9.17) is 28.2 Å². The van der Waals surface area contributed by atoms with Crippen molar-refractivity contribution < 1.29 is 0 Å². The van der Waals surface area contributed by atoms with Crippen LogP contribution in [0, 0.1) is 6.92 Å². The van der Waals surface area contributed by atoms with Gasteiger partial charge < -0.3 is 0 Å². The molecular formula is C27H24Cl2N8O. The lowest BCUT2D eigenvalue weighted by molar-refractivity contribution is 0.721. The molecule has 0 bridgehead atoms. The van der Waals surface area contributed by atoms with Crippen molar-refractivity contribution in [1.82, 2.24) is 40.1 Å². The van der Waals surface area contributed by atoms with Gasteiger partial charge in [-0.2, -0.15) is 0 Å². The Kier molecular flexibility index (Phi) is 7.57. The topological polar surface area (TPSA) is 115 Å². The summed E-state index contributed by atoms with van der Waals surface area (Å²) in [5.41, 5.74) is 5.04. The largest absolute Gasteiger partial charge is 0.268 e. The second kappa shape index (κ2) is 11.2. The second-order valence-corrected chi connectivity index (χ2v) is 9.59. The molecule has 0 radical (unpaired) electrons. The zero-order chi connectivity index (χ0) is 26.6. The summed E-state index contributed by atoms with van der Waals surface area (Å²) in [6.45, 7) is 3.87. The van der Waals surface area contributed by atoms with Crippen molar-refractivity contribution in [3.05, 3.63) is 97.9 Å². The Balaban J connectivity index is 1.53. The van der Waals surface area contributed by atoms with Crippen molar-refractivity contribution in [1.29, 1.82) is 0 Å². The Hall–Kier alpha value is -3.95. The van der Waals surface area contributed by atoms with Gasteiger partial charge in [-0.1, -0.05) is 85.1 Å². The lowest BCUT2D eigenvalue weighted by Gasteiger charge is -2.15. The maximum atomic E-state index is 13.8.